The number of nitrogens with zero attached hydrogens (tertiary/aromatic N) is 2. The van der Waals surface area contributed by atoms with Gasteiger partial charge in [-0.2, -0.15) is 0 Å². The number of fused-ring (bicyclic) bond motifs is 1. The van der Waals surface area contributed by atoms with Crippen molar-refractivity contribution in [2.24, 2.45) is 4.99 Å². The van der Waals surface area contributed by atoms with Crippen LogP contribution >= 0.6 is 15.9 Å². The predicted molar refractivity (Wildman–Crippen MR) is 143 cm³/mol. The molecule has 1 aliphatic rings. The number of allylic oxidation sites excluding steroid dienone is 1. The molecular formula is C26H38BrFN2O3Si. The fourth-order valence-electron chi connectivity index (χ4n) is 5.46. The minimum atomic E-state index is -1.90. The van der Waals surface area contributed by atoms with E-state index in [2.05, 4.69) is 57.5 Å². The third-order valence-electron chi connectivity index (χ3n) is 6.91. The first kappa shape index (κ1) is 27.1. The number of halogens is 2. The second kappa shape index (κ2) is 11.5. The van der Waals surface area contributed by atoms with Crippen LogP contribution in [0.4, 0.5) is 4.39 Å². The van der Waals surface area contributed by atoms with Gasteiger partial charge in [-0.1, -0.05) is 41.5 Å². The summed E-state index contributed by atoms with van der Waals surface area (Å²) in [6.45, 7) is 14.9. The molecule has 8 heteroatoms. The van der Waals surface area contributed by atoms with Gasteiger partial charge in [0.15, 0.2) is 8.32 Å². The van der Waals surface area contributed by atoms with Crippen molar-refractivity contribution in [3.05, 3.63) is 46.5 Å². The molecule has 188 valence electrons. The maximum absolute atomic E-state index is 15.0. The molecule has 0 fully saturated rings. The van der Waals surface area contributed by atoms with Crippen LogP contribution in [0.1, 0.15) is 59.9 Å². The Bertz CT molecular complexity index is 1010. The number of hydrogen-bond donors (Lipinski definition) is 0. The van der Waals surface area contributed by atoms with Crippen LogP contribution in [0.5, 0.6) is 0 Å². The molecule has 34 heavy (non-hydrogen) atoms. The molecular weight excluding hydrogens is 515 g/mol. The molecule has 5 nitrogen and oxygen atoms in total. The minimum absolute atomic E-state index is 0.167. The lowest BCUT2D eigenvalue weighted by Crippen LogP contribution is -2.48. The molecule has 0 N–H and O–H groups in total. The number of aliphatic imine (C=N–C) groups is 1. The maximum atomic E-state index is 15.0. The van der Waals surface area contributed by atoms with Gasteiger partial charge in [0.05, 0.1) is 16.5 Å². The van der Waals surface area contributed by atoms with E-state index in [1.165, 1.54) is 6.07 Å². The molecule has 2 aromatic rings. The van der Waals surface area contributed by atoms with Crippen LogP contribution < -0.4 is 0 Å². The van der Waals surface area contributed by atoms with Crippen molar-refractivity contribution in [2.75, 3.05) is 20.4 Å². The molecule has 0 amide bonds. The molecule has 0 saturated heterocycles. The Hall–Kier alpha value is -1.48. The van der Waals surface area contributed by atoms with Crippen LogP contribution in [0, 0.1) is 5.82 Å². The highest BCUT2D eigenvalue weighted by molar-refractivity contribution is 9.12. The zero-order chi connectivity index (χ0) is 25.0. The van der Waals surface area contributed by atoms with Gasteiger partial charge >= 0.3 is 0 Å². The van der Waals surface area contributed by atoms with Crippen LogP contribution in [0.3, 0.4) is 0 Å². The number of benzene rings is 1. The van der Waals surface area contributed by atoms with E-state index in [0.29, 0.717) is 51.3 Å². The van der Waals surface area contributed by atoms with Crippen molar-refractivity contribution in [3.8, 4) is 0 Å². The second-order valence-electron chi connectivity index (χ2n) is 9.97. The van der Waals surface area contributed by atoms with Gasteiger partial charge in [-0.3, -0.25) is 4.99 Å². The van der Waals surface area contributed by atoms with Gasteiger partial charge in [0.1, 0.15) is 24.3 Å². The lowest BCUT2D eigenvalue weighted by molar-refractivity contribution is 0.0650. The van der Waals surface area contributed by atoms with Gasteiger partial charge in [-0.05, 0) is 63.6 Å². The summed E-state index contributed by atoms with van der Waals surface area (Å²) in [5.41, 5.74) is 3.31. The number of ether oxygens (including phenoxy) is 1. The van der Waals surface area contributed by atoms with E-state index in [-0.39, 0.29) is 12.0 Å². The van der Waals surface area contributed by atoms with E-state index in [1.54, 1.807) is 25.5 Å². The van der Waals surface area contributed by atoms with Gasteiger partial charge in [0.2, 0.25) is 0 Å². The van der Waals surface area contributed by atoms with Crippen molar-refractivity contribution in [3.63, 3.8) is 0 Å². The molecule has 1 aromatic heterocycles. The SMILES string of the molecule is COCN1C=C(Br)C(c2cc3occc3cc2F)=NC1CCCO[Si](C(C)C)(C(C)C)C(C)C. The zero-order valence-corrected chi connectivity index (χ0v) is 24.0. The molecule has 0 saturated carbocycles. The third-order valence-corrected chi connectivity index (χ3v) is 13.6. The normalized spacial score (nSPS) is 17.3. The Kier molecular flexibility index (Phi) is 9.17. The van der Waals surface area contributed by atoms with Gasteiger partial charge in [-0.25, -0.2) is 4.39 Å². The van der Waals surface area contributed by atoms with Gasteiger partial charge in [-0.15, -0.1) is 0 Å². The van der Waals surface area contributed by atoms with E-state index >= 15 is 0 Å². The molecule has 2 heterocycles. The molecule has 0 radical (unpaired) electrons. The summed E-state index contributed by atoms with van der Waals surface area (Å²) in [4.78, 5) is 6.98. The summed E-state index contributed by atoms with van der Waals surface area (Å²) in [6, 6.07) is 4.97. The standard InChI is InChI=1S/C26H38BrFN2O3Si/c1-17(2)34(18(3)4,19(5)6)33-11-8-9-25-29-26(22(27)15-30(25)16-31-7)21-14-24-20(10-12-32-24)13-23(21)28/h10,12-15,17-19,25H,8-9,11,16H2,1-7H3. The molecule has 1 unspecified atom stereocenters. The summed E-state index contributed by atoms with van der Waals surface area (Å²) < 4.78 is 33.3. The van der Waals surface area contributed by atoms with Crippen molar-refractivity contribution in [2.45, 2.75) is 77.2 Å². The lowest BCUT2D eigenvalue weighted by atomic mass is 10.1. The predicted octanol–water partition coefficient (Wildman–Crippen LogP) is 7.82. The van der Waals surface area contributed by atoms with Crippen LogP contribution in [0.15, 0.2) is 44.6 Å². The Labute approximate surface area is 212 Å². The summed E-state index contributed by atoms with van der Waals surface area (Å²) in [5, 5.41) is 0.737. The first-order valence-electron chi connectivity index (χ1n) is 12.1. The Morgan fingerprint density at radius 1 is 1.15 bits per heavy atom. The quantitative estimate of drug-likeness (QED) is 0.210. The fraction of sp³-hybridized carbons (Fsp3) is 0.577. The van der Waals surface area contributed by atoms with Crippen LogP contribution in [0.25, 0.3) is 11.0 Å². The smallest absolute Gasteiger partial charge is 0.200 e. The highest BCUT2D eigenvalue weighted by atomic mass is 79.9. The Balaban J connectivity index is 1.79. The molecule has 3 rings (SSSR count). The van der Waals surface area contributed by atoms with Crippen molar-refractivity contribution in [1.29, 1.82) is 0 Å². The molecule has 0 aliphatic carbocycles. The summed E-state index contributed by atoms with van der Waals surface area (Å²) >= 11 is 3.59. The number of rotatable bonds is 11. The topological polar surface area (TPSA) is 47.2 Å². The number of furan rings is 1. The first-order chi connectivity index (χ1) is 16.1. The number of methoxy groups -OCH3 is 1. The van der Waals surface area contributed by atoms with E-state index < -0.39 is 8.32 Å². The highest BCUT2D eigenvalue weighted by Gasteiger charge is 2.44. The molecule has 0 bridgehead atoms. The second-order valence-corrected chi connectivity index (χ2v) is 16.3. The van der Waals surface area contributed by atoms with Gasteiger partial charge < -0.3 is 18.5 Å². The van der Waals surface area contributed by atoms with E-state index in [9.17, 15) is 4.39 Å². The van der Waals surface area contributed by atoms with Gasteiger partial charge in [0, 0.05) is 30.9 Å². The molecule has 0 spiro atoms. The molecule has 1 aromatic carbocycles. The summed E-state index contributed by atoms with van der Waals surface area (Å²) in [6.07, 6.45) is 5.00. The van der Waals surface area contributed by atoms with Gasteiger partial charge in [0.25, 0.3) is 0 Å². The zero-order valence-electron chi connectivity index (χ0n) is 21.4. The van der Waals surface area contributed by atoms with Crippen molar-refractivity contribution < 1.29 is 18.0 Å². The number of hydrogen-bond acceptors (Lipinski definition) is 5. The molecule has 1 atom stereocenters. The minimum Gasteiger partial charge on any atom is -0.464 e. The van der Waals surface area contributed by atoms with Crippen LogP contribution in [-0.4, -0.2) is 45.5 Å². The summed E-state index contributed by atoms with van der Waals surface area (Å²) in [7, 11) is -0.238. The van der Waals surface area contributed by atoms with E-state index in [1.807, 2.05) is 11.1 Å². The monoisotopic (exact) mass is 552 g/mol. The summed E-state index contributed by atoms with van der Waals surface area (Å²) in [5.74, 6) is -0.318. The average Bonchev–Trinajstić information content (AvgIpc) is 3.21. The lowest BCUT2D eigenvalue weighted by Gasteiger charge is -2.42. The first-order valence-corrected chi connectivity index (χ1v) is 15.1. The third kappa shape index (κ3) is 5.50. The van der Waals surface area contributed by atoms with E-state index in [0.717, 1.165) is 18.2 Å². The average molecular weight is 554 g/mol. The van der Waals surface area contributed by atoms with Crippen LogP contribution in [0.2, 0.25) is 16.6 Å². The fourth-order valence-corrected chi connectivity index (χ4v) is 11.5. The van der Waals surface area contributed by atoms with E-state index in [4.69, 9.17) is 18.6 Å². The Morgan fingerprint density at radius 2 is 1.82 bits per heavy atom. The highest BCUT2D eigenvalue weighted by Crippen LogP contribution is 2.42. The van der Waals surface area contributed by atoms with Crippen molar-refractivity contribution in [1.82, 2.24) is 4.90 Å². The maximum Gasteiger partial charge on any atom is 0.200 e. The molecule has 1 aliphatic heterocycles. The largest absolute Gasteiger partial charge is 0.464 e. The van der Waals surface area contributed by atoms with Crippen molar-refractivity contribution >= 4 is 40.9 Å². The van der Waals surface area contributed by atoms with Crippen LogP contribution in [-0.2, 0) is 9.16 Å². The Morgan fingerprint density at radius 3 is 2.44 bits per heavy atom.